The zero-order valence-electron chi connectivity index (χ0n) is 7.95. The third kappa shape index (κ3) is 1.80. The van der Waals surface area contributed by atoms with Gasteiger partial charge in [-0.3, -0.25) is 0 Å². The highest BCUT2D eigenvalue weighted by Gasteiger charge is 2.09. The van der Waals surface area contributed by atoms with Crippen LogP contribution in [0.3, 0.4) is 0 Å². The predicted octanol–water partition coefficient (Wildman–Crippen LogP) is 1.06. The van der Waals surface area contributed by atoms with E-state index in [4.69, 9.17) is 5.73 Å². The van der Waals surface area contributed by atoms with Crippen LogP contribution in [0.4, 0.5) is 8.78 Å². The Morgan fingerprint density at radius 1 is 1.27 bits per heavy atom. The maximum atomic E-state index is 13.0. The lowest BCUT2D eigenvalue weighted by atomic mass is 10.3. The minimum absolute atomic E-state index is 0.353. The van der Waals surface area contributed by atoms with Crippen molar-refractivity contribution in [3.05, 3.63) is 23.8 Å². The number of nitrogens with zero attached hydrogens (tertiary/aromatic N) is 3. The van der Waals surface area contributed by atoms with Crippen molar-refractivity contribution < 1.29 is 8.78 Å². The minimum Gasteiger partial charge on any atom is -0.330 e. The first-order valence-corrected chi connectivity index (χ1v) is 4.60. The Morgan fingerprint density at radius 2 is 2.00 bits per heavy atom. The fourth-order valence-electron chi connectivity index (χ4n) is 1.37. The molecule has 0 unspecified atom stereocenters. The van der Waals surface area contributed by atoms with E-state index in [0.29, 0.717) is 24.1 Å². The molecule has 2 rings (SSSR count). The van der Waals surface area contributed by atoms with E-state index in [9.17, 15) is 8.78 Å². The van der Waals surface area contributed by atoms with E-state index in [0.717, 1.165) is 18.6 Å². The molecule has 15 heavy (non-hydrogen) atoms. The highest BCUT2D eigenvalue weighted by Crippen LogP contribution is 2.16. The molecule has 1 aromatic heterocycles. The third-order valence-corrected chi connectivity index (χ3v) is 2.13. The van der Waals surface area contributed by atoms with E-state index < -0.39 is 11.6 Å². The van der Waals surface area contributed by atoms with Crippen LogP contribution in [0.1, 0.15) is 6.42 Å². The Kier molecular flexibility index (Phi) is 2.59. The number of fused-ring (bicyclic) bond motifs is 1. The maximum Gasteiger partial charge on any atom is 0.161 e. The van der Waals surface area contributed by atoms with Gasteiger partial charge in [-0.05, 0) is 13.0 Å². The van der Waals surface area contributed by atoms with Gasteiger partial charge in [0.15, 0.2) is 11.6 Å². The molecule has 0 aliphatic carbocycles. The van der Waals surface area contributed by atoms with Gasteiger partial charge in [-0.25, -0.2) is 13.5 Å². The molecule has 2 aromatic rings. The van der Waals surface area contributed by atoms with Crippen LogP contribution in [0.2, 0.25) is 0 Å². The highest BCUT2D eigenvalue weighted by atomic mass is 19.2. The van der Waals surface area contributed by atoms with E-state index in [1.807, 2.05) is 0 Å². The average Bonchev–Trinajstić information content (AvgIpc) is 2.59. The first-order valence-electron chi connectivity index (χ1n) is 4.60. The van der Waals surface area contributed by atoms with Crippen LogP contribution >= 0.6 is 0 Å². The highest BCUT2D eigenvalue weighted by molar-refractivity contribution is 5.74. The van der Waals surface area contributed by atoms with Crippen molar-refractivity contribution >= 4 is 11.0 Å². The monoisotopic (exact) mass is 212 g/mol. The van der Waals surface area contributed by atoms with Crippen LogP contribution in [-0.4, -0.2) is 21.5 Å². The molecule has 0 aliphatic heterocycles. The first-order chi connectivity index (χ1) is 7.22. The van der Waals surface area contributed by atoms with E-state index >= 15 is 0 Å². The number of halogens is 2. The Hall–Kier alpha value is -1.56. The molecule has 4 nitrogen and oxygen atoms in total. The van der Waals surface area contributed by atoms with Crippen molar-refractivity contribution in [2.75, 3.05) is 6.54 Å². The van der Waals surface area contributed by atoms with Crippen LogP contribution in [0.25, 0.3) is 11.0 Å². The number of rotatable bonds is 3. The molecule has 0 atom stereocenters. The van der Waals surface area contributed by atoms with E-state index in [1.54, 1.807) is 0 Å². The number of aryl methyl sites for hydroxylation is 1. The van der Waals surface area contributed by atoms with Gasteiger partial charge in [0.25, 0.3) is 0 Å². The van der Waals surface area contributed by atoms with Gasteiger partial charge in [-0.15, -0.1) is 5.10 Å². The second kappa shape index (κ2) is 3.90. The standard InChI is InChI=1S/C9H10F2N4/c10-6-4-8-9(5-7(6)11)15(14-13-8)3-1-2-12/h4-5H,1-3,12H2. The van der Waals surface area contributed by atoms with Gasteiger partial charge < -0.3 is 5.73 Å². The average molecular weight is 212 g/mol. The summed E-state index contributed by atoms with van der Waals surface area (Å²) in [4.78, 5) is 0. The Bertz CT molecular complexity index is 480. The lowest BCUT2D eigenvalue weighted by molar-refractivity contribution is 0.509. The van der Waals surface area contributed by atoms with Crippen molar-refractivity contribution in [3.63, 3.8) is 0 Å². The molecule has 2 N–H and O–H groups in total. The number of hydrogen-bond acceptors (Lipinski definition) is 3. The molecule has 0 amide bonds. The summed E-state index contributed by atoms with van der Waals surface area (Å²) < 4.78 is 27.3. The number of nitrogens with two attached hydrogens (primary N) is 1. The van der Waals surface area contributed by atoms with Crippen molar-refractivity contribution in [2.45, 2.75) is 13.0 Å². The summed E-state index contributed by atoms with van der Waals surface area (Å²) in [5.41, 5.74) is 6.19. The summed E-state index contributed by atoms with van der Waals surface area (Å²) in [6.45, 7) is 1.07. The molecule has 0 fully saturated rings. The Balaban J connectivity index is 2.45. The zero-order valence-corrected chi connectivity index (χ0v) is 7.95. The van der Waals surface area contributed by atoms with Gasteiger partial charge in [0.05, 0.1) is 5.52 Å². The zero-order chi connectivity index (χ0) is 10.8. The molecule has 0 saturated heterocycles. The summed E-state index contributed by atoms with van der Waals surface area (Å²) in [6, 6.07) is 2.14. The molecule has 0 spiro atoms. The van der Waals surface area contributed by atoms with Crippen LogP contribution in [-0.2, 0) is 6.54 Å². The molecule has 6 heteroatoms. The lowest BCUT2D eigenvalue weighted by Crippen LogP contribution is -2.07. The molecular weight excluding hydrogens is 202 g/mol. The Labute approximate surface area is 84.7 Å². The summed E-state index contributed by atoms with van der Waals surface area (Å²) >= 11 is 0. The molecular formula is C9H10F2N4. The lowest BCUT2D eigenvalue weighted by Gasteiger charge is -2.00. The second-order valence-corrected chi connectivity index (χ2v) is 3.21. The topological polar surface area (TPSA) is 56.7 Å². The predicted molar refractivity (Wildman–Crippen MR) is 51.1 cm³/mol. The number of aromatic nitrogens is 3. The Morgan fingerprint density at radius 3 is 2.73 bits per heavy atom. The normalized spacial score (nSPS) is 11.1. The molecule has 0 radical (unpaired) electrons. The largest absolute Gasteiger partial charge is 0.330 e. The van der Waals surface area contributed by atoms with Gasteiger partial charge in [-0.1, -0.05) is 5.21 Å². The molecule has 0 saturated carbocycles. The van der Waals surface area contributed by atoms with Crippen LogP contribution < -0.4 is 5.73 Å². The van der Waals surface area contributed by atoms with Gasteiger partial charge in [-0.2, -0.15) is 0 Å². The van der Waals surface area contributed by atoms with E-state index in [2.05, 4.69) is 10.3 Å². The van der Waals surface area contributed by atoms with Crippen molar-refractivity contribution in [1.82, 2.24) is 15.0 Å². The van der Waals surface area contributed by atoms with Crippen molar-refractivity contribution in [3.8, 4) is 0 Å². The van der Waals surface area contributed by atoms with E-state index in [-0.39, 0.29) is 0 Å². The molecule has 0 aliphatic rings. The second-order valence-electron chi connectivity index (χ2n) is 3.21. The summed E-state index contributed by atoms with van der Waals surface area (Å²) in [5.74, 6) is -1.80. The van der Waals surface area contributed by atoms with Gasteiger partial charge in [0, 0.05) is 18.7 Å². The van der Waals surface area contributed by atoms with E-state index in [1.165, 1.54) is 4.68 Å². The smallest absolute Gasteiger partial charge is 0.161 e. The molecule has 0 bridgehead atoms. The van der Waals surface area contributed by atoms with Crippen LogP contribution in [0.5, 0.6) is 0 Å². The molecule has 1 heterocycles. The van der Waals surface area contributed by atoms with Gasteiger partial charge >= 0.3 is 0 Å². The van der Waals surface area contributed by atoms with Crippen molar-refractivity contribution in [2.24, 2.45) is 5.73 Å². The SMILES string of the molecule is NCCCn1nnc2cc(F)c(F)cc21. The molecule has 1 aromatic carbocycles. The quantitative estimate of drug-likeness (QED) is 0.827. The van der Waals surface area contributed by atoms with Crippen molar-refractivity contribution in [1.29, 1.82) is 0 Å². The molecule has 80 valence electrons. The number of hydrogen-bond donors (Lipinski definition) is 1. The fraction of sp³-hybridized carbons (Fsp3) is 0.333. The summed E-state index contributed by atoms with van der Waals surface area (Å²) in [6.07, 6.45) is 0.720. The maximum absolute atomic E-state index is 13.0. The van der Waals surface area contributed by atoms with Gasteiger partial charge in [0.1, 0.15) is 5.52 Å². The van der Waals surface area contributed by atoms with Gasteiger partial charge in [0.2, 0.25) is 0 Å². The minimum atomic E-state index is -0.909. The van der Waals surface area contributed by atoms with Crippen LogP contribution in [0.15, 0.2) is 12.1 Å². The van der Waals surface area contributed by atoms with Crippen LogP contribution in [0, 0.1) is 11.6 Å². The summed E-state index contributed by atoms with van der Waals surface area (Å²) in [7, 11) is 0. The number of benzene rings is 1. The fourth-order valence-corrected chi connectivity index (χ4v) is 1.37. The third-order valence-electron chi connectivity index (χ3n) is 2.13. The first kappa shape index (κ1) is 9.97. The summed E-state index contributed by atoms with van der Waals surface area (Å²) in [5, 5.41) is 7.53.